The lowest BCUT2D eigenvalue weighted by atomic mass is 9.91. The molecule has 4 aliphatic rings. The van der Waals surface area contributed by atoms with Crippen molar-refractivity contribution in [2.24, 2.45) is 0 Å². The Kier molecular flexibility index (Phi) is 8.26. The summed E-state index contributed by atoms with van der Waals surface area (Å²) in [7, 11) is 0. The topological polar surface area (TPSA) is 85.7 Å². The van der Waals surface area contributed by atoms with Gasteiger partial charge in [0.05, 0.1) is 24.8 Å². The molecule has 1 aliphatic carbocycles. The number of carbonyl (C=O) groups is 1. The number of fused-ring (bicyclic) bond motifs is 1. The fraction of sp³-hybridized carbons (Fsp3) is 0.607. The van der Waals surface area contributed by atoms with Crippen molar-refractivity contribution in [1.29, 1.82) is 0 Å². The second-order valence-corrected chi connectivity index (χ2v) is 10.4. The number of ether oxygens (including phenoxy) is 2. The highest BCUT2D eigenvalue weighted by Crippen LogP contribution is 2.30. The van der Waals surface area contributed by atoms with E-state index in [9.17, 15) is 15.0 Å². The third-order valence-corrected chi connectivity index (χ3v) is 7.68. The van der Waals surface area contributed by atoms with Crippen molar-refractivity contribution in [1.82, 2.24) is 14.7 Å². The quantitative estimate of drug-likeness (QED) is 0.569. The van der Waals surface area contributed by atoms with E-state index in [4.69, 9.17) is 9.47 Å². The molecule has 8 heteroatoms. The number of carbonyl (C=O) groups excluding carboxylic acids is 1. The number of hydrogen-bond acceptors (Lipinski definition) is 7. The lowest BCUT2D eigenvalue weighted by molar-refractivity contribution is 0.0524. The van der Waals surface area contributed by atoms with Gasteiger partial charge in [0.1, 0.15) is 24.2 Å². The SMILES string of the molecule is O=C1c2ccc(OC3CCCN(CCO)C3)cc2OCCN1CC(O)CN1CCC2=C(C=CCC2)C1. The smallest absolute Gasteiger partial charge is 0.257 e. The maximum Gasteiger partial charge on any atom is 0.257 e. The van der Waals surface area contributed by atoms with Crippen molar-refractivity contribution in [3.05, 3.63) is 47.1 Å². The molecule has 1 fully saturated rings. The number of likely N-dealkylation sites (tertiary alicyclic amines) is 1. The van der Waals surface area contributed by atoms with Crippen LogP contribution in [-0.4, -0.2) is 109 Å². The van der Waals surface area contributed by atoms with Crippen LogP contribution in [0.5, 0.6) is 11.5 Å². The van der Waals surface area contributed by atoms with Crippen LogP contribution in [0.4, 0.5) is 0 Å². The lowest BCUT2D eigenvalue weighted by Gasteiger charge is -2.33. The van der Waals surface area contributed by atoms with Gasteiger partial charge in [0.2, 0.25) is 0 Å². The molecule has 0 bridgehead atoms. The summed E-state index contributed by atoms with van der Waals surface area (Å²) in [6, 6.07) is 5.43. The first-order chi connectivity index (χ1) is 17.6. The average Bonchev–Trinajstić information content (AvgIpc) is 3.02. The molecule has 36 heavy (non-hydrogen) atoms. The van der Waals surface area contributed by atoms with Crippen LogP contribution in [0.15, 0.2) is 41.5 Å². The first-order valence-electron chi connectivity index (χ1n) is 13.4. The Balaban J connectivity index is 1.17. The Labute approximate surface area is 213 Å². The van der Waals surface area contributed by atoms with E-state index < -0.39 is 6.10 Å². The van der Waals surface area contributed by atoms with Crippen LogP contribution in [0.3, 0.4) is 0 Å². The molecule has 5 rings (SSSR count). The first kappa shape index (κ1) is 25.3. The molecule has 196 valence electrons. The van der Waals surface area contributed by atoms with E-state index in [-0.39, 0.29) is 18.6 Å². The van der Waals surface area contributed by atoms with Gasteiger partial charge in [-0.3, -0.25) is 14.6 Å². The highest BCUT2D eigenvalue weighted by atomic mass is 16.5. The summed E-state index contributed by atoms with van der Waals surface area (Å²) in [6.45, 7) is 6.11. The Morgan fingerprint density at radius 3 is 2.94 bits per heavy atom. The van der Waals surface area contributed by atoms with Crippen LogP contribution < -0.4 is 9.47 Å². The molecule has 0 spiro atoms. The number of allylic oxidation sites excluding steroid dienone is 1. The van der Waals surface area contributed by atoms with Crippen molar-refractivity contribution < 1.29 is 24.5 Å². The normalized spacial score (nSPS) is 24.1. The first-order valence-corrected chi connectivity index (χ1v) is 13.4. The van der Waals surface area contributed by atoms with Gasteiger partial charge in [0.15, 0.2) is 0 Å². The molecule has 0 saturated carbocycles. The number of β-amino-alcohol motifs (C(OH)–C–C–N with tert-alkyl or cyclic N) is 2. The average molecular weight is 498 g/mol. The summed E-state index contributed by atoms with van der Waals surface area (Å²) in [6.07, 6.45) is 9.30. The van der Waals surface area contributed by atoms with Gasteiger partial charge in [0, 0.05) is 45.3 Å². The van der Waals surface area contributed by atoms with E-state index in [0.717, 1.165) is 51.9 Å². The van der Waals surface area contributed by atoms with E-state index in [0.29, 0.717) is 49.8 Å². The number of benzene rings is 1. The summed E-state index contributed by atoms with van der Waals surface area (Å²) in [5.41, 5.74) is 3.48. The fourth-order valence-electron chi connectivity index (χ4n) is 5.82. The molecular formula is C28H39N3O5. The minimum Gasteiger partial charge on any atom is -0.491 e. The van der Waals surface area contributed by atoms with Crippen LogP contribution in [0.2, 0.25) is 0 Å². The lowest BCUT2D eigenvalue weighted by Crippen LogP contribution is -2.45. The maximum absolute atomic E-state index is 13.3. The van der Waals surface area contributed by atoms with E-state index in [1.165, 1.54) is 12.0 Å². The highest BCUT2D eigenvalue weighted by Gasteiger charge is 2.28. The van der Waals surface area contributed by atoms with E-state index in [1.54, 1.807) is 16.5 Å². The van der Waals surface area contributed by atoms with Crippen LogP contribution >= 0.6 is 0 Å². The third kappa shape index (κ3) is 6.11. The highest BCUT2D eigenvalue weighted by molar-refractivity contribution is 5.97. The largest absolute Gasteiger partial charge is 0.491 e. The molecule has 1 saturated heterocycles. The minimum absolute atomic E-state index is 0.0576. The molecule has 2 unspecified atom stereocenters. The predicted octanol–water partition coefficient (Wildman–Crippen LogP) is 2.07. The van der Waals surface area contributed by atoms with Crippen molar-refractivity contribution in [2.75, 3.05) is 65.6 Å². The van der Waals surface area contributed by atoms with Crippen molar-refractivity contribution in [3.8, 4) is 11.5 Å². The monoisotopic (exact) mass is 497 g/mol. The minimum atomic E-state index is -0.610. The molecule has 2 atom stereocenters. The summed E-state index contributed by atoms with van der Waals surface area (Å²) < 4.78 is 12.1. The standard InChI is InChI=1S/C28H39N3O5/c32-14-12-29-10-3-6-25(20-29)36-24-7-8-26-27(16-24)35-15-13-31(28(26)34)19-23(33)18-30-11-9-21-4-1-2-5-22(21)17-30/h2,5,7-8,16,23,25,32-33H,1,3-4,6,9-15,17-20H2. The molecule has 2 N–H and O–H groups in total. The number of aliphatic hydroxyl groups excluding tert-OH is 2. The Hall–Kier alpha value is -2.39. The van der Waals surface area contributed by atoms with Gasteiger partial charge < -0.3 is 24.6 Å². The van der Waals surface area contributed by atoms with E-state index >= 15 is 0 Å². The Morgan fingerprint density at radius 1 is 1.14 bits per heavy atom. The van der Waals surface area contributed by atoms with Gasteiger partial charge in [-0.25, -0.2) is 0 Å². The van der Waals surface area contributed by atoms with Gasteiger partial charge in [-0.1, -0.05) is 17.7 Å². The van der Waals surface area contributed by atoms with Crippen LogP contribution in [-0.2, 0) is 0 Å². The molecule has 1 amide bonds. The van der Waals surface area contributed by atoms with Crippen molar-refractivity contribution in [3.63, 3.8) is 0 Å². The van der Waals surface area contributed by atoms with Gasteiger partial charge in [0.25, 0.3) is 5.91 Å². The zero-order valence-corrected chi connectivity index (χ0v) is 21.1. The maximum atomic E-state index is 13.3. The molecule has 0 radical (unpaired) electrons. The predicted molar refractivity (Wildman–Crippen MR) is 137 cm³/mol. The second-order valence-electron chi connectivity index (χ2n) is 10.4. The van der Waals surface area contributed by atoms with Crippen LogP contribution in [0, 0.1) is 0 Å². The van der Waals surface area contributed by atoms with Crippen LogP contribution in [0.1, 0.15) is 42.5 Å². The van der Waals surface area contributed by atoms with E-state index in [2.05, 4.69) is 22.0 Å². The number of aliphatic hydroxyl groups is 2. The Morgan fingerprint density at radius 2 is 2.06 bits per heavy atom. The number of rotatable bonds is 8. The van der Waals surface area contributed by atoms with Crippen molar-refractivity contribution >= 4 is 5.91 Å². The van der Waals surface area contributed by atoms with E-state index in [1.807, 2.05) is 12.1 Å². The number of piperidine rings is 1. The second kappa shape index (κ2) is 11.8. The third-order valence-electron chi connectivity index (χ3n) is 7.68. The molecule has 8 nitrogen and oxygen atoms in total. The summed E-state index contributed by atoms with van der Waals surface area (Å²) in [5.74, 6) is 1.12. The van der Waals surface area contributed by atoms with Crippen LogP contribution in [0.25, 0.3) is 0 Å². The summed E-state index contributed by atoms with van der Waals surface area (Å²) in [5, 5.41) is 20.1. The molecule has 1 aromatic carbocycles. The molecule has 3 aliphatic heterocycles. The summed E-state index contributed by atoms with van der Waals surface area (Å²) in [4.78, 5) is 19.5. The molecule has 0 aromatic heterocycles. The van der Waals surface area contributed by atoms with Gasteiger partial charge in [-0.15, -0.1) is 0 Å². The Bertz CT molecular complexity index is 991. The zero-order valence-electron chi connectivity index (χ0n) is 21.1. The van der Waals surface area contributed by atoms with Crippen molar-refractivity contribution in [2.45, 2.75) is 44.3 Å². The van der Waals surface area contributed by atoms with Gasteiger partial charge >= 0.3 is 0 Å². The number of hydrogen-bond donors (Lipinski definition) is 2. The molecule has 3 heterocycles. The number of amides is 1. The van der Waals surface area contributed by atoms with Gasteiger partial charge in [-0.05, 0) is 56.4 Å². The summed E-state index contributed by atoms with van der Waals surface area (Å²) >= 11 is 0. The molecule has 1 aromatic rings. The zero-order chi connectivity index (χ0) is 24.9. The van der Waals surface area contributed by atoms with Gasteiger partial charge in [-0.2, -0.15) is 0 Å². The fourth-order valence-corrected chi connectivity index (χ4v) is 5.82. The molecular weight excluding hydrogens is 458 g/mol. The number of nitrogens with zero attached hydrogens (tertiary/aromatic N) is 3.